The first-order chi connectivity index (χ1) is 6.87. The molecule has 0 heterocycles. The average molecular weight is 232 g/mol. The molecule has 0 unspecified atom stereocenters. The van der Waals surface area contributed by atoms with E-state index in [9.17, 15) is 9.59 Å². The Balaban J connectivity index is 3.82. The van der Waals surface area contributed by atoms with Gasteiger partial charge in [-0.05, 0) is 13.3 Å². The first kappa shape index (κ1) is 14.3. The fourth-order valence-electron chi connectivity index (χ4n) is 1.01. The first-order valence-corrected chi connectivity index (χ1v) is 6.05. The summed E-state index contributed by atoms with van der Waals surface area (Å²) in [4.78, 5) is 21.8. The number of amides is 2. The molecule has 0 saturated carbocycles. The quantitative estimate of drug-likeness (QED) is 0.685. The van der Waals surface area contributed by atoms with Gasteiger partial charge < -0.3 is 11.1 Å². The summed E-state index contributed by atoms with van der Waals surface area (Å²) in [6, 6.07) is 0. The summed E-state index contributed by atoms with van der Waals surface area (Å²) in [6.45, 7) is 6.57. The smallest absolute Gasteiger partial charge is 0.230 e. The number of hydrogen-bond acceptors (Lipinski definition) is 3. The molecule has 88 valence electrons. The predicted octanol–water partition coefficient (Wildman–Crippen LogP) is 0.900. The molecular formula is C10H20N2O2S. The molecule has 0 radical (unpaired) electrons. The molecule has 0 aromatic rings. The van der Waals surface area contributed by atoms with Gasteiger partial charge in [0.2, 0.25) is 11.8 Å². The molecule has 3 N–H and O–H groups in total. The summed E-state index contributed by atoms with van der Waals surface area (Å²) in [7, 11) is 0. The minimum atomic E-state index is -0.290. The molecule has 0 aromatic heterocycles. The second-order valence-corrected chi connectivity index (χ2v) is 5.65. The second kappa shape index (κ2) is 6.71. The van der Waals surface area contributed by atoms with Gasteiger partial charge in [-0.2, -0.15) is 0 Å². The number of rotatable bonds is 7. The number of hydrogen-bond donors (Lipinski definition) is 2. The van der Waals surface area contributed by atoms with Crippen molar-refractivity contribution in [3.63, 3.8) is 0 Å². The SMILES string of the molecule is CCNC(=O)CSC(C)(C)CCC(N)=O. The molecule has 0 rings (SSSR count). The lowest BCUT2D eigenvalue weighted by Crippen LogP contribution is -2.28. The van der Waals surface area contributed by atoms with Crippen molar-refractivity contribution < 1.29 is 9.59 Å². The van der Waals surface area contributed by atoms with Crippen LogP contribution in [0.3, 0.4) is 0 Å². The zero-order valence-electron chi connectivity index (χ0n) is 9.63. The van der Waals surface area contributed by atoms with Crippen molar-refractivity contribution in [2.45, 2.75) is 38.4 Å². The van der Waals surface area contributed by atoms with E-state index in [1.165, 1.54) is 0 Å². The van der Waals surface area contributed by atoms with Gasteiger partial charge in [-0.25, -0.2) is 0 Å². The number of nitrogens with two attached hydrogens (primary N) is 1. The third-order valence-electron chi connectivity index (χ3n) is 1.94. The van der Waals surface area contributed by atoms with Gasteiger partial charge in [-0.15, -0.1) is 11.8 Å². The van der Waals surface area contributed by atoms with E-state index in [2.05, 4.69) is 5.32 Å². The third kappa shape index (κ3) is 8.30. The van der Waals surface area contributed by atoms with Gasteiger partial charge in [0.1, 0.15) is 0 Å². The Morgan fingerprint density at radius 1 is 1.40 bits per heavy atom. The summed E-state index contributed by atoms with van der Waals surface area (Å²) in [5, 5.41) is 2.73. The minimum Gasteiger partial charge on any atom is -0.370 e. The highest BCUT2D eigenvalue weighted by molar-refractivity contribution is 8.01. The van der Waals surface area contributed by atoms with Gasteiger partial charge in [0, 0.05) is 17.7 Å². The van der Waals surface area contributed by atoms with E-state index in [4.69, 9.17) is 5.73 Å². The zero-order chi connectivity index (χ0) is 11.9. The molecule has 0 aliphatic carbocycles. The van der Waals surface area contributed by atoms with Crippen molar-refractivity contribution in [1.29, 1.82) is 0 Å². The molecule has 0 fully saturated rings. The molecule has 0 saturated heterocycles. The maximum atomic E-state index is 11.2. The number of thioether (sulfide) groups is 1. The standard InChI is InChI=1S/C10H20N2O2S/c1-4-12-9(14)7-15-10(2,3)6-5-8(11)13/h4-7H2,1-3H3,(H2,11,13)(H,12,14). The lowest BCUT2D eigenvalue weighted by molar-refractivity contribution is -0.119. The van der Waals surface area contributed by atoms with Gasteiger partial charge in [0.25, 0.3) is 0 Å². The third-order valence-corrected chi connectivity index (χ3v) is 3.33. The van der Waals surface area contributed by atoms with Gasteiger partial charge >= 0.3 is 0 Å². The highest BCUT2D eigenvalue weighted by atomic mass is 32.2. The van der Waals surface area contributed by atoms with E-state index in [1.54, 1.807) is 11.8 Å². The van der Waals surface area contributed by atoms with Crippen LogP contribution in [0.15, 0.2) is 0 Å². The largest absolute Gasteiger partial charge is 0.370 e. The summed E-state index contributed by atoms with van der Waals surface area (Å²) in [5.41, 5.74) is 5.08. The molecule has 0 spiro atoms. The first-order valence-electron chi connectivity index (χ1n) is 5.06. The van der Waals surface area contributed by atoms with Crippen LogP contribution in [-0.2, 0) is 9.59 Å². The van der Waals surface area contributed by atoms with Crippen LogP contribution in [0.4, 0.5) is 0 Å². The fourth-order valence-corrected chi connectivity index (χ4v) is 1.88. The zero-order valence-corrected chi connectivity index (χ0v) is 10.4. The Morgan fingerprint density at radius 2 is 2.00 bits per heavy atom. The van der Waals surface area contributed by atoms with Gasteiger partial charge in [0.05, 0.1) is 5.75 Å². The van der Waals surface area contributed by atoms with E-state index in [0.29, 0.717) is 25.1 Å². The number of carbonyl (C=O) groups is 2. The Bertz CT molecular complexity index is 229. The van der Waals surface area contributed by atoms with E-state index in [1.807, 2.05) is 20.8 Å². The average Bonchev–Trinajstić information content (AvgIpc) is 2.13. The van der Waals surface area contributed by atoms with Crippen LogP contribution in [0.2, 0.25) is 0 Å². The molecule has 0 atom stereocenters. The van der Waals surface area contributed by atoms with Crippen LogP contribution < -0.4 is 11.1 Å². The van der Waals surface area contributed by atoms with Crippen molar-refractivity contribution in [3.8, 4) is 0 Å². The van der Waals surface area contributed by atoms with Crippen LogP contribution in [-0.4, -0.2) is 28.9 Å². The van der Waals surface area contributed by atoms with Crippen LogP contribution >= 0.6 is 11.8 Å². The topological polar surface area (TPSA) is 72.2 Å². The van der Waals surface area contributed by atoms with Crippen LogP contribution in [0.5, 0.6) is 0 Å². The maximum absolute atomic E-state index is 11.2. The Morgan fingerprint density at radius 3 is 2.47 bits per heavy atom. The predicted molar refractivity (Wildman–Crippen MR) is 63.6 cm³/mol. The van der Waals surface area contributed by atoms with Crippen LogP contribution in [0, 0.1) is 0 Å². The summed E-state index contributed by atoms with van der Waals surface area (Å²) >= 11 is 1.55. The van der Waals surface area contributed by atoms with Crippen LogP contribution in [0.25, 0.3) is 0 Å². The summed E-state index contributed by atoms with van der Waals surface area (Å²) in [6.07, 6.45) is 1.07. The maximum Gasteiger partial charge on any atom is 0.230 e. The summed E-state index contributed by atoms with van der Waals surface area (Å²) < 4.78 is -0.0832. The van der Waals surface area contributed by atoms with Gasteiger partial charge in [-0.3, -0.25) is 9.59 Å². The molecule has 5 heteroatoms. The number of primary amides is 1. The minimum absolute atomic E-state index is 0.0367. The van der Waals surface area contributed by atoms with Crippen molar-refractivity contribution in [3.05, 3.63) is 0 Å². The molecule has 4 nitrogen and oxygen atoms in total. The number of nitrogens with one attached hydrogen (secondary N) is 1. The lowest BCUT2D eigenvalue weighted by Gasteiger charge is -2.22. The van der Waals surface area contributed by atoms with E-state index in [0.717, 1.165) is 0 Å². The second-order valence-electron chi connectivity index (χ2n) is 3.97. The van der Waals surface area contributed by atoms with Crippen molar-refractivity contribution in [2.75, 3.05) is 12.3 Å². The van der Waals surface area contributed by atoms with Crippen molar-refractivity contribution in [1.82, 2.24) is 5.32 Å². The normalized spacial score (nSPS) is 11.1. The number of carbonyl (C=O) groups excluding carboxylic acids is 2. The highest BCUT2D eigenvalue weighted by Crippen LogP contribution is 2.28. The van der Waals surface area contributed by atoms with Crippen molar-refractivity contribution >= 4 is 23.6 Å². The molecular weight excluding hydrogens is 212 g/mol. The van der Waals surface area contributed by atoms with E-state index >= 15 is 0 Å². The van der Waals surface area contributed by atoms with E-state index in [-0.39, 0.29) is 16.6 Å². The van der Waals surface area contributed by atoms with E-state index < -0.39 is 0 Å². The molecule has 0 aliphatic rings. The highest BCUT2D eigenvalue weighted by Gasteiger charge is 2.20. The van der Waals surface area contributed by atoms with Gasteiger partial charge in [0.15, 0.2) is 0 Å². The Kier molecular flexibility index (Phi) is 6.40. The lowest BCUT2D eigenvalue weighted by atomic mass is 10.1. The molecule has 0 aromatic carbocycles. The monoisotopic (exact) mass is 232 g/mol. The molecule has 15 heavy (non-hydrogen) atoms. The Hall–Kier alpha value is -0.710. The summed E-state index contributed by atoms with van der Waals surface area (Å²) in [5.74, 6) is 0.177. The molecule has 0 bridgehead atoms. The van der Waals surface area contributed by atoms with Crippen molar-refractivity contribution in [2.24, 2.45) is 5.73 Å². The fraction of sp³-hybridized carbons (Fsp3) is 0.800. The Labute approximate surface area is 95.4 Å². The van der Waals surface area contributed by atoms with Gasteiger partial charge in [-0.1, -0.05) is 13.8 Å². The molecule has 0 aliphatic heterocycles. The van der Waals surface area contributed by atoms with Crippen LogP contribution in [0.1, 0.15) is 33.6 Å². The molecule has 2 amide bonds.